The number of benzene rings is 1. The Labute approximate surface area is 126 Å². The van der Waals surface area contributed by atoms with Crippen LogP contribution in [-0.4, -0.2) is 24.7 Å². The number of hydrogen-bond acceptors (Lipinski definition) is 3. The molecule has 1 saturated carbocycles. The van der Waals surface area contributed by atoms with E-state index < -0.39 is 0 Å². The number of fused-ring (bicyclic) bond motifs is 1. The van der Waals surface area contributed by atoms with Crippen molar-refractivity contribution in [1.29, 1.82) is 0 Å². The molecule has 3 rings (SSSR count). The molecule has 1 heterocycles. The number of rotatable bonds is 4. The molecule has 0 spiro atoms. The highest BCUT2D eigenvalue weighted by molar-refractivity contribution is 5.80. The Hall–Kier alpha value is -1.39. The van der Waals surface area contributed by atoms with Crippen molar-refractivity contribution in [1.82, 2.24) is 16.0 Å². The fourth-order valence-electron chi connectivity index (χ4n) is 3.49. The average Bonchev–Trinajstić information content (AvgIpc) is 2.53. The molecular formula is C17H25N3O. The minimum Gasteiger partial charge on any atom is -0.339 e. The van der Waals surface area contributed by atoms with E-state index in [9.17, 15) is 4.79 Å². The summed E-state index contributed by atoms with van der Waals surface area (Å²) in [6.45, 7) is 2.91. The first-order chi connectivity index (χ1) is 10.2. The highest BCUT2D eigenvalue weighted by Crippen LogP contribution is 2.27. The van der Waals surface area contributed by atoms with Gasteiger partial charge in [-0.3, -0.25) is 10.1 Å². The number of hydrogen-bond donors (Lipinski definition) is 3. The molecule has 1 aromatic carbocycles. The third kappa shape index (κ3) is 3.44. The maximum absolute atomic E-state index is 12.2. The lowest BCUT2D eigenvalue weighted by Gasteiger charge is -2.40. The minimum atomic E-state index is 0.0445. The van der Waals surface area contributed by atoms with E-state index in [0.717, 1.165) is 19.4 Å². The van der Waals surface area contributed by atoms with Crippen LogP contribution in [0.2, 0.25) is 0 Å². The highest BCUT2D eigenvalue weighted by Gasteiger charge is 2.37. The van der Waals surface area contributed by atoms with E-state index >= 15 is 0 Å². The summed E-state index contributed by atoms with van der Waals surface area (Å²) in [5.74, 6) is 0.416. The van der Waals surface area contributed by atoms with Gasteiger partial charge in [-0.05, 0) is 25.3 Å². The number of carbonyl (C=O) groups is 1. The molecule has 4 nitrogen and oxygen atoms in total. The third-order valence-corrected chi connectivity index (χ3v) is 4.76. The SMILES string of the molecule is C[C@@H](NCC1NC(=O)C2CCCCC2N1)c1ccccc1. The third-order valence-electron chi connectivity index (χ3n) is 4.76. The summed E-state index contributed by atoms with van der Waals surface area (Å²) in [7, 11) is 0. The molecule has 4 atom stereocenters. The van der Waals surface area contributed by atoms with Crippen LogP contribution in [0, 0.1) is 5.92 Å². The van der Waals surface area contributed by atoms with Crippen molar-refractivity contribution < 1.29 is 4.79 Å². The Morgan fingerprint density at radius 2 is 2.00 bits per heavy atom. The zero-order valence-corrected chi connectivity index (χ0v) is 12.6. The van der Waals surface area contributed by atoms with Crippen molar-refractivity contribution in [3.05, 3.63) is 35.9 Å². The highest BCUT2D eigenvalue weighted by atomic mass is 16.2. The van der Waals surface area contributed by atoms with Crippen LogP contribution in [0.3, 0.4) is 0 Å². The molecule has 1 aliphatic heterocycles. The Kier molecular flexibility index (Phi) is 4.56. The number of nitrogens with one attached hydrogen (secondary N) is 3. The van der Waals surface area contributed by atoms with E-state index in [1.54, 1.807) is 0 Å². The van der Waals surface area contributed by atoms with Crippen molar-refractivity contribution >= 4 is 5.91 Å². The fraction of sp³-hybridized carbons (Fsp3) is 0.588. The van der Waals surface area contributed by atoms with E-state index in [-0.39, 0.29) is 24.0 Å². The molecule has 3 N–H and O–H groups in total. The molecule has 2 fully saturated rings. The van der Waals surface area contributed by atoms with Crippen molar-refractivity contribution in [2.24, 2.45) is 5.92 Å². The maximum atomic E-state index is 12.2. The van der Waals surface area contributed by atoms with Gasteiger partial charge in [0.1, 0.15) is 0 Å². The van der Waals surface area contributed by atoms with Crippen LogP contribution in [0.15, 0.2) is 30.3 Å². The van der Waals surface area contributed by atoms with Crippen molar-refractivity contribution in [3.63, 3.8) is 0 Å². The first-order valence-corrected chi connectivity index (χ1v) is 8.09. The van der Waals surface area contributed by atoms with Crippen LogP contribution < -0.4 is 16.0 Å². The molecule has 1 aromatic rings. The van der Waals surface area contributed by atoms with Crippen LogP contribution in [0.25, 0.3) is 0 Å². The summed E-state index contributed by atoms with van der Waals surface area (Å²) in [4.78, 5) is 12.2. The quantitative estimate of drug-likeness (QED) is 0.793. The van der Waals surface area contributed by atoms with Crippen LogP contribution in [0.1, 0.15) is 44.2 Å². The zero-order chi connectivity index (χ0) is 14.7. The molecule has 3 unspecified atom stereocenters. The normalized spacial score (nSPS) is 30.3. The Morgan fingerprint density at radius 3 is 2.81 bits per heavy atom. The van der Waals surface area contributed by atoms with Crippen molar-refractivity contribution in [2.75, 3.05) is 6.54 Å². The zero-order valence-electron chi connectivity index (χ0n) is 12.6. The summed E-state index contributed by atoms with van der Waals surface area (Å²) in [5, 5.41) is 10.2. The second kappa shape index (κ2) is 6.58. The van der Waals surface area contributed by atoms with Crippen LogP contribution in [0.5, 0.6) is 0 Å². The monoisotopic (exact) mass is 287 g/mol. The lowest BCUT2D eigenvalue weighted by atomic mass is 9.82. The van der Waals surface area contributed by atoms with E-state index in [1.807, 2.05) is 6.07 Å². The molecule has 0 bridgehead atoms. The molecule has 114 valence electrons. The maximum Gasteiger partial charge on any atom is 0.225 e. The molecule has 1 aliphatic carbocycles. The van der Waals surface area contributed by atoms with Crippen LogP contribution >= 0.6 is 0 Å². The lowest BCUT2D eigenvalue weighted by molar-refractivity contribution is -0.130. The smallest absolute Gasteiger partial charge is 0.225 e. The Balaban J connectivity index is 1.53. The van der Waals surface area contributed by atoms with Gasteiger partial charge in [0.25, 0.3) is 0 Å². The lowest BCUT2D eigenvalue weighted by Crippen LogP contribution is -2.64. The van der Waals surface area contributed by atoms with E-state index in [0.29, 0.717) is 6.04 Å². The average molecular weight is 287 g/mol. The fourth-order valence-corrected chi connectivity index (χ4v) is 3.49. The second-order valence-corrected chi connectivity index (χ2v) is 6.27. The number of carbonyl (C=O) groups excluding carboxylic acids is 1. The van der Waals surface area contributed by atoms with Crippen molar-refractivity contribution in [2.45, 2.75) is 50.9 Å². The number of amides is 1. The second-order valence-electron chi connectivity index (χ2n) is 6.27. The van der Waals surface area contributed by atoms with E-state index in [2.05, 4.69) is 47.1 Å². The summed E-state index contributed by atoms with van der Waals surface area (Å²) in [5.41, 5.74) is 1.27. The largest absolute Gasteiger partial charge is 0.339 e. The molecule has 21 heavy (non-hydrogen) atoms. The topological polar surface area (TPSA) is 53.2 Å². The van der Waals surface area contributed by atoms with Gasteiger partial charge in [-0.25, -0.2) is 0 Å². The Bertz CT molecular complexity index is 476. The van der Waals surface area contributed by atoms with E-state index in [1.165, 1.54) is 18.4 Å². The summed E-state index contributed by atoms with van der Waals surface area (Å²) < 4.78 is 0. The molecule has 0 aromatic heterocycles. The molecular weight excluding hydrogens is 262 g/mol. The standard InChI is InChI=1S/C17H25N3O/c1-12(13-7-3-2-4-8-13)18-11-16-19-15-10-6-5-9-14(15)17(21)20-16/h2-4,7-8,12,14-16,18-19H,5-6,9-11H2,1H3,(H,20,21)/t12-,14?,15?,16?/m1/s1. The summed E-state index contributed by atoms with van der Waals surface area (Å²) in [6.07, 6.45) is 4.63. The predicted octanol–water partition coefficient (Wildman–Crippen LogP) is 1.94. The van der Waals surface area contributed by atoms with Gasteiger partial charge in [0, 0.05) is 18.6 Å². The van der Waals surface area contributed by atoms with Gasteiger partial charge < -0.3 is 10.6 Å². The summed E-state index contributed by atoms with van der Waals surface area (Å²) in [6, 6.07) is 11.0. The van der Waals surface area contributed by atoms with Gasteiger partial charge in [-0.1, -0.05) is 43.2 Å². The van der Waals surface area contributed by atoms with Crippen LogP contribution in [0.4, 0.5) is 0 Å². The van der Waals surface area contributed by atoms with Gasteiger partial charge in [0.05, 0.1) is 12.1 Å². The molecule has 4 heteroatoms. The van der Waals surface area contributed by atoms with Gasteiger partial charge in [-0.2, -0.15) is 0 Å². The first kappa shape index (κ1) is 14.5. The first-order valence-electron chi connectivity index (χ1n) is 8.09. The van der Waals surface area contributed by atoms with Gasteiger partial charge >= 0.3 is 0 Å². The molecule has 0 radical (unpaired) electrons. The van der Waals surface area contributed by atoms with Gasteiger partial charge in [0.2, 0.25) is 5.91 Å². The van der Waals surface area contributed by atoms with Crippen LogP contribution in [-0.2, 0) is 4.79 Å². The minimum absolute atomic E-state index is 0.0445. The predicted molar refractivity (Wildman–Crippen MR) is 83.7 cm³/mol. The Morgan fingerprint density at radius 1 is 1.24 bits per heavy atom. The molecule has 1 saturated heterocycles. The molecule has 1 amide bonds. The van der Waals surface area contributed by atoms with Crippen molar-refractivity contribution in [3.8, 4) is 0 Å². The van der Waals surface area contributed by atoms with Gasteiger partial charge in [0.15, 0.2) is 0 Å². The van der Waals surface area contributed by atoms with Gasteiger partial charge in [-0.15, -0.1) is 0 Å². The summed E-state index contributed by atoms with van der Waals surface area (Å²) >= 11 is 0. The molecule has 2 aliphatic rings. The van der Waals surface area contributed by atoms with E-state index in [4.69, 9.17) is 0 Å².